The highest BCUT2D eigenvalue weighted by atomic mass is 16.4. The van der Waals surface area contributed by atoms with Crippen LogP contribution in [0, 0.1) is 0 Å². The Morgan fingerprint density at radius 3 is 2.95 bits per heavy atom. The number of aromatic nitrogens is 2. The zero-order valence-corrected chi connectivity index (χ0v) is 10.7. The Labute approximate surface area is 115 Å². The zero-order chi connectivity index (χ0) is 13.8. The normalized spacial score (nSPS) is 10.6. The standard InChI is InChI=1S/C14H13N3O3/c18-14(15-9-11-3-1-8-19-11)13-5-4-12(20-13)10-17-7-2-6-16-17/h1-8H,9-10H2,(H,15,18). The third kappa shape index (κ3) is 2.80. The molecule has 0 bridgehead atoms. The molecule has 0 atom stereocenters. The fourth-order valence-corrected chi connectivity index (χ4v) is 1.81. The maximum atomic E-state index is 11.9. The van der Waals surface area contributed by atoms with Crippen molar-refractivity contribution in [3.63, 3.8) is 0 Å². The summed E-state index contributed by atoms with van der Waals surface area (Å²) in [7, 11) is 0. The van der Waals surface area contributed by atoms with Gasteiger partial charge in [0.25, 0.3) is 5.91 Å². The predicted molar refractivity (Wildman–Crippen MR) is 69.9 cm³/mol. The minimum Gasteiger partial charge on any atom is -0.467 e. The molecule has 0 aromatic carbocycles. The van der Waals surface area contributed by atoms with Gasteiger partial charge in [0, 0.05) is 12.4 Å². The summed E-state index contributed by atoms with van der Waals surface area (Å²) in [5, 5.41) is 6.80. The van der Waals surface area contributed by atoms with E-state index in [9.17, 15) is 4.79 Å². The minimum atomic E-state index is -0.270. The molecular formula is C14H13N3O3. The van der Waals surface area contributed by atoms with Crippen molar-refractivity contribution in [2.45, 2.75) is 13.1 Å². The van der Waals surface area contributed by atoms with Crippen LogP contribution in [0.1, 0.15) is 22.1 Å². The van der Waals surface area contributed by atoms with Crippen molar-refractivity contribution in [1.29, 1.82) is 0 Å². The van der Waals surface area contributed by atoms with E-state index in [1.54, 1.807) is 41.4 Å². The number of furan rings is 2. The number of nitrogens with one attached hydrogen (secondary N) is 1. The number of nitrogens with zero attached hydrogens (tertiary/aromatic N) is 2. The molecule has 0 spiro atoms. The molecule has 102 valence electrons. The van der Waals surface area contributed by atoms with E-state index in [0.717, 1.165) is 0 Å². The Morgan fingerprint density at radius 2 is 2.20 bits per heavy atom. The summed E-state index contributed by atoms with van der Waals surface area (Å²) in [5.41, 5.74) is 0. The average Bonchev–Trinajstić information content (AvgIpc) is 3.19. The third-order valence-corrected chi connectivity index (χ3v) is 2.77. The molecule has 6 heteroatoms. The van der Waals surface area contributed by atoms with Crippen LogP contribution < -0.4 is 5.32 Å². The van der Waals surface area contributed by atoms with E-state index in [-0.39, 0.29) is 11.7 Å². The number of hydrogen-bond acceptors (Lipinski definition) is 4. The topological polar surface area (TPSA) is 73.2 Å². The molecule has 3 aromatic rings. The highest BCUT2D eigenvalue weighted by molar-refractivity contribution is 5.91. The van der Waals surface area contributed by atoms with Gasteiger partial charge in [0.05, 0.1) is 19.4 Å². The molecule has 0 fully saturated rings. The van der Waals surface area contributed by atoms with Gasteiger partial charge in [-0.3, -0.25) is 9.48 Å². The van der Waals surface area contributed by atoms with Crippen molar-refractivity contribution in [3.05, 3.63) is 66.3 Å². The molecule has 0 saturated carbocycles. The first-order valence-corrected chi connectivity index (χ1v) is 6.18. The first-order valence-electron chi connectivity index (χ1n) is 6.18. The van der Waals surface area contributed by atoms with E-state index in [2.05, 4.69) is 10.4 Å². The number of hydrogen-bond donors (Lipinski definition) is 1. The van der Waals surface area contributed by atoms with E-state index in [4.69, 9.17) is 8.83 Å². The van der Waals surface area contributed by atoms with Crippen LogP contribution in [0.5, 0.6) is 0 Å². The second kappa shape index (κ2) is 5.48. The van der Waals surface area contributed by atoms with Gasteiger partial charge in [0.15, 0.2) is 5.76 Å². The van der Waals surface area contributed by atoms with Gasteiger partial charge in [0.2, 0.25) is 0 Å². The zero-order valence-electron chi connectivity index (χ0n) is 10.7. The fourth-order valence-electron chi connectivity index (χ4n) is 1.81. The summed E-state index contributed by atoms with van der Waals surface area (Å²) in [6.07, 6.45) is 5.09. The molecule has 20 heavy (non-hydrogen) atoms. The second-order valence-corrected chi connectivity index (χ2v) is 4.23. The molecule has 0 unspecified atom stereocenters. The molecule has 3 rings (SSSR count). The number of carbonyl (C=O) groups is 1. The molecule has 3 aromatic heterocycles. The number of carbonyl (C=O) groups excluding carboxylic acids is 1. The van der Waals surface area contributed by atoms with E-state index in [1.807, 2.05) is 12.3 Å². The lowest BCUT2D eigenvalue weighted by molar-refractivity contribution is 0.0918. The summed E-state index contributed by atoms with van der Waals surface area (Å²) < 4.78 is 12.3. The molecule has 6 nitrogen and oxygen atoms in total. The maximum Gasteiger partial charge on any atom is 0.287 e. The molecule has 1 amide bonds. The highest BCUT2D eigenvalue weighted by Gasteiger charge is 2.11. The maximum absolute atomic E-state index is 11.9. The van der Waals surface area contributed by atoms with Gasteiger partial charge < -0.3 is 14.2 Å². The first kappa shape index (κ1) is 12.3. The first-order chi connectivity index (χ1) is 9.81. The van der Waals surface area contributed by atoms with Crippen LogP contribution >= 0.6 is 0 Å². The van der Waals surface area contributed by atoms with Crippen LogP contribution in [0.2, 0.25) is 0 Å². The Hall–Kier alpha value is -2.76. The van der Waals surface area contributed by atoms with E-state index in [1.165, 1.54) is 0 Å². The molecule has 0 aliphatic rings. The van der Waals surface area contributed by atoms with Gasteiger partial charge in [-0.05, 0) is 30.3 Å². The minimum absolute atomic E-state index is 0.270. The Morgan fingerprint density at radius 1 is 1.25 bits per heavy atom. The van der Waals surface area contributed by atoms with Gasteiger partial charge in [0.1, 0.15) is 11.5 Å². The van der Waals surface area contributed by atoms with Gasteiger partial charge >= 0.3 is 0 Å². The summed E-state index contributed by atoms with van der Waals surface area (Å²) in [4.78, 5) is 11.9. The van der Waals surface area contributed by atoms with Crippen molar-refractivity contribution in [1.82, 2.24) is 15.1 Å². The van der Waals surface area contributed by atoms with Crippen LogP contribution in [0.25, 0.3) is 0 Å². The molecular weight excluding hydrogens is 258 g/mol. The molecule has 0 saturated heterocycles. The van der Waals surface area contributed by atoms with E-state index in [0.29, 0.717) is 24.6 Å². The van der Waals surface area contributed by atoms with Crippen LogP contribution in [0.4, 0.5) is 0 Å². The third-order valence-electron chi connectivity index (χ3n) is 2.77. The van der Waals surface area contributed by atoms with Crippen LogP contribution in [0.3, 0.4) is 0 Å². The Balaban J connectivity index is 1.59. The lowest BCUT2D eigenvalue weighted by Gasteiger charge is -2.00. The molecule has 0 aliphatic heterocycles. The molecule has 0 radical (unpaired) electrons. The quantitative estimate of drug-likeness (QED) is 0.770. The number of amides is 1. The largest absolute Gasteiger partial charge is 0.467 e. The Bertz CT molecular complexity index is 668. The van der Waals surface area contributed by atoms with Gasteiger partial charge in [-0.2, -0.15) is 5.10 Å². The summed E-state index contributed by atoms with van der Waals surface area (Å²) >= 11 is 0. The van der Waals surface area contributed by atoms with Gasteiger partial charge in [-0.1, -0.05) is 0 Å². The van der Waals surface area contributed by atoms with Gasteiger partial charge in [-0.25, -0.2) is 0 Å². The summed E-state index contributed by atoms with van der Waals surface area (Å²) in [6, 6.07) is 8.82. The lowest BCUT2D eigenvalue weighted by Crippen LogP contribution is -2.21. The highest BCUT2D eigenvalue weighted by Crippen LogP contribution is 2.09. The monoisotopic (exact) mass is 271 g/mol. The second-order valence-electron chi connectivity index (χ2n) is 4.23. The van der Waals surface area contributed by atoms with Crippen molar-refractivity contribution in [2.75, 3.05) is 0 Å². The smallest absolute Gasteiger partial charge is 0.287 e. The van der Waals surface area contributed by atoms with Crippen molar-refractivity contribution in [3.8, 4) is 0 Å². The molecule has 1 N–H and O–H groups in total. The van der Waals surface area contributed by atoms with Crippen LogP contribution in [-0.2, 0) is 13.1 Å². The molecule has 0 aliphatic carbocycles. The SMILES string of the molecule is O=C(NCc1ccco1)c1ccc(Cn2cccn2)o1. The predicted octanol–water partition coefficient (Wildman–Crippen LogP) is 2.05. The van der Waals surface area contributed by atoms with Crippen LogP contribution in [0.15, 0.2) is 57.8 Å². The molecule has 3 heterocycles. The average molecular weight is 271 g/mol. The van der Waals surface area contributed by atoms with Gasteiger partial charge in [-0.15, -0.1) is 0 Å². The van der Waals surface area contributed by atoms with Crippen molar-refractivity contribution >= 4 is 5.91 Å². The van der Waals surface area contributed by atoms with Crippen molar-refractivity contribution < 1.29 is 13.6 Å². The number of rotatable bonds is 5. The van der Waals surface area contributed by atoms with Crippen LogP contribution in [-0.4, -0.2) is 15.7 Å². The van der Waals surface area contributed by atoms with E-state index < -0.39 is 0 Å². The summed E-state index contributed by atoms with van der Waals surface area (Å²) in [5.74, 6) is 1.38. The van der Waals surface area contributed by atoms with E-state index >= 15 is 0 Å². The lowest BCUT2D eigenvalue weighted by atomic mass is 10.4. The Kier molecular flexibility index (Phi) is 3.36. The fraction of sp³-hybridized carbons (Fsp3) is 0.143. The summed E-state index contributed by atoms with van der Waals surface area (Å²) in [6.45, 7) is 0.833. The van der Waals surface area contributed by atoms with Crippen molar-refractivity contribution in [2.24, 2.45) is 0 Å².